The lowest BCUT2D eigenvalue weighted by atomic mass is 10.2. The van der Waals surface area contributed by atoms with Gasteiger partial charge in [0.25, 0.3) is 0 Å². The fourth-order valence-corrected chi connectivity index (χ4v) is 1.14. The fraction of sp³-hybridized carbons (Fsp3) is 0.375. The average Bonchev–Trinajstić information content (AvgIpc) is 2.09. The molecule has 0 atom stereocenters. The Hall–Kier alpha value is -1.40. The second kappa shape index (κ2) is 4.41. The van der Waals surface area contributed by atoms with Gasteiger partial charge in [-0.3, -0.25) is 4.79 Å². The van der Waals surface area contributed by atoms with E-state index in [1.54, 1.807) is 19.0 Å². The SMILES string of the molecule is CN(C)CC(=O)c1nc(Cl)c(N)nc1N. The summed E-state index contributed by atoms with van der Waals surface area (Å²) < 4.78 is 0. The van der Waals surface area contributed by atoms with Crippen LogP contribution in [0.4, 0.5) is 11.6 Å². The third-order valence-corrected chi connectivity index (χ3v) is 1.91. The molecule has 1 heterocycles. The lowest BCUT2D eigenvalue weighted by Crippen LogP contribution is -2.24. The van der Waals surface area contributed by atoms with E-state index in [0.29, 0.717) is 0 Å². The predicted octanol–water partition coefficient (Wildman–Crippen LogP) is 0.0387. The summed E-state index contributed by atoms with van der Waals surface area (Å²) in [6.07, 6.45) is 0. The molecular weight excluding hydrogens is 218 g/mol. The highest BCUT2D eigenvalue weighted by Gasteiger charge is 2.16. The molecule has 0 radical (unpaired) electrons. The Kier molecular flexibility index (Phi) is 3.43. The first-order valence-corrected chi connectivity index (χ1v) is 4.56. The van der Waals surface area contributed by atoms with Crippen molar-refractivity contribution >= 4 is 29.0 Å². The van der Waals surface area contributed by atoms with Gasteiger partial charge in [-0.05, 0) is 14.1 Å². The van der Waals surface area contributed by atoms with Crippen molar-refractivity contribution in [3.05, 3.63) is 10.8 Å². The Morgan fingerprint density at radius 1 is 1.33 bits per heavy atom. The number of nitrogens with two attached hydrogens (primary N) is 2. The van der Waals surface area contributed by atoms with Gasteiger partial charge in [-0.25, -0.2) is 9.97 Å². The summed E-state index contributed by atoms with van der Waals surface area (Å²) in [5.41, 5.74) is 11.0. The number of ketones is 1. The standard InChI is InChI=1S/C8H12ClN5O/c1-14(2)3-4(15)5-7(10)13-8(11)6(9)12-5/h3H2,1-2H3,(H4,10,11,13). The number of hydrogen-bond donors (Lipinski definition) is 2. The van der Waals surface area contributed by atoms with Crippen LogP contribution in [0.1, 0.15) is 10.5 Å². The number of nitrogen functional groups attached to an aromatic ring is 2. The molecule has 0 bridgehead atoms. The number of carbonyl (C=O) groups excluding carboxylic acids is 1. The minimum Gasteiger partial charge on any atom is -0.382 e. The number of likely N-dealkylation sites (N-methyl/N-ethyl adjacent to an activating group) is 1. The second-order valence-electron chi connectivity index (χ2n) is 3.29. The van der Waals surface area contributed by atoms with Crippen molar-refractivity contribution in [3.8, 4) is 0 Å². The average molecular weight is 230 g/mol. The lowest BCUT2D eigenvalue weighted by molar-refractivity contribution is 0.0953. The maximum absolute atomic E-state index is 11.6. The van der Waals surface area contributed by atoms with Crippen LogP contribution in [0.2, 0.25) is 5.15 Å². The first kappa shape index (κ1) is 11.7. The molecule has 0 saturated carbocycles. The minimum absolute atomic E-state index is 0.00347. The summed E-state index contributed by atoms with van der Waals surface area (Å²) >= 11 is 5.65. The van der Waals surface area contributed by atoms with E-state index in [4.69, 9.17) is 23.1 Å². The van der Waals surface area contributed by atoms with E-state index in [0.717, 1.165) is 0 Å². The lowest BCUT2D eigenvalue weighted by Gasteiger charge is -2.09. The van der Waals surface area contributed by atoms with Gasteiger partial charge < -0.3 is 16.4 Å². The first-order chi connectivity index (χ1) is 6.91. The monoisotopic (exact) mass is 229 g/mol. The molecular formula is C8H12ClN5O. The van der Waals surface area contributed by atoms with Gasteiger partial charge in [-0.2, -0.15) is 0 Å². The van der Waals surface area contributed by atoms with Gasteiger partial charge in [0.15, 0.2) is 28.3 Å². The van der Waals surface area contributed by atoms with Crippen molar-refractivity contribution in [2.24, 2.45) is 0 Å². The Labute approximate surface area is 92.2 Å². The summed E-state index contributed by atoms with van der Waals surface area (Å²) in [7, 11) is 3.53. The smallest absolute Gasteiger partial charge is 0.198 e. The molecule has 0 aliphatic rings. The molecule has 82 valence electrons. The van der Waals surface area contributed by atoms with Gasteiger partial charge in [-0.1, -0.05) is 11.6 Å². The highest BCUT2D eigenvalue weighted by molar-refractivity contribution is 6.31. The van der Waals surface area contributed by atoms with Crippen LogP contribution in [-0.4, -0.2) is 41.3 Å². The summed E-state index contributed by atoms with van der Waals surface area (Å²) in [6, 6.07) is 0. The summed E-state index contributed by atoms with van der Waals surface area (Å²) in [5, 5.41) is -0.00805. The van der Waals surface area contributed by atoms with Crippen LogP contribution in [0.5, 0.6) is 0 Å². The topological polar surface area (TPSA) is 98.1 Å². The van der Waals surface area contributed by atoms with E-state index in [2.05, 4.69) is 9.97 Å². The number of hydrogen-bond acceptors (Lipinski definition) is 6. The van der Waals surface area contributed by atoms with Gasteiger partial charge in [-0.15, -0.1) is 0 Å². The maximum Gasteiger partial charge on any atom is 0.198 e. The second-order valence-corrected chi connectivity index (χ2v) is 3.65. The number of rotatable bonds is 3. The molecule has 4 N–H and O–H groups in total. The first-order valence-electron chi connectivity index (χ1n) is 4.18. The Bertz CT molecular complexity index is 393. The molecule has 0 unspecified atom stereocenters. The molecule has 0 aliphatic carbocycles. The summed E-state index contributed by atoms with van der Waals surface area (Å²) in [5.74, 6) is -0.216. The number of anilines is 2. The fourth-order valence-electron chi connectivity index (χ4n) is 1.01. The number of Topliss-reactive ketones (excluding diaryl/α,β-unsaturated/α-hetero) is 1. The number of halogens is 1. The molecule has 6 nitrogen and oxygen atoms in total. The van der Waals surface area contributed by atoms with Gasteiger partial charge in [0, 0.05) is 0 Å². The molecule has 15 heavy (non-hydrogen) atoms. The zero-order valence-corrected chi connectivity index (χ0v) is 9.25. The van der Waals surface area contributed by atoms with Crippen LogP contribution in [-0.2, 0) is 0 Å². The molecule has 1 aromatic heterocycles. The van der Waals surface area contributed by atoms with Crippen LogP contribution in [0, 0.1) is 0 Å². The van der Waals surface area contributed by atoms with Gasteiger partial charge in [0.05, 0.1) is 6.54 Å². The summed E-state index contributed by atoms with van der Waals surface area (Å²) in [4.78, 5) is 20.8. The normalized spacial score (nSPS) is 10.7. The van der Waals surface area contributed by atoms with Crippen LogP contribution < -0.4 is 11.5 Å². The Morgan fingerprint density at radius 2 is 1.93 bits per heavy atom. The van der Waals surface area contributed by atoms with Crippen molar-refractivity contribution in [1.29, 1.82) is 0 Å². The highest BCUT2D eigenvalue weighted by Crippen LogP contribution is 2.17. The number of nitrogens with zero attached hydrogens (tertiary/aromatic N) is 3. The van der Waals surface area contributed by atoms with Crippen LogP contribution in [0.15, 0.2) is 0 Å². The van der Waals surface area contributed by atoms with Crippen molar-refractivity contribution in [2.75, 3.05) is 32.1 Å². The quantitative estimate of drug-likeness (QED) is 0.710. The largest absolute Gasteiger partial charge is 0.382 e. The highest BCUT2D eigenvalue weighted by atomic mass is 35.5. The maximum atomic E-state index is 11.6. The van der Waals surface area contributed by atoms with E-state index in [1.165, 1.54) is 0 Å². The third kappa shape index (κ3) is 2.77. The van der Waals surface area contributed by atoms with Crippen molar-refractivity contribution in [1.82, 2.24) is 14.9 Å². The molecule has 0 amide bonds. The molecule has 0 fully saturated rings. The van der Waals surface area contributed by atoms with Crippen molar-refractivity contribution in [3.63, 3.8) is 0 Å². The van der Waals surface area contributed by atoms with E-state index < -0.39 is 0 Å². The van der Waals surface area contributed by atoms with Crippen LogP contribution in [0.25, 0.3) is 0 Å². The van der Waals surface area contributed by atoms with Gasteiger partial charge in [0.2, 0.25) is 0 Å². The zero-order valence-electron chi connectivity index (χ0n) is 8.49. The molecule has 0 spiro atoms. The zero-order chi connectivity index (χ0) is 11.6. The number of aromatic nitrogens is 2. The Balaban J connectivity index is 3.04. The van der Waals surface area contributed by atoms with E-state index in [1.807, 2.05) is 0 Å². The summed E-state index contributed by atoms with van der Waals surface area (Å²) in [6.45, 7) is 0.194. The molecule has 7 heteroatoms. The van der Waals surface area contributed by atoms with Crippen molar-refractivity contribution < 1.29 is 4.79 Å². The molecule has 0 saturated heterocycles. The third-order valence-electron chi connectivity index (χ3n) is 1.63. The molecule has 1 aromatic rings. The van der Waals surface area contributed by atoms with Gasteiger partial charge >= 0.3 is 0 Å². The van der Waals surface area contributed by atoms with E-state index >= 15 is 0 Å². The number of carbonyl (C=O) groups is 1. The van der Waals surface area contributed by atoms with Gasteiger partial charge in [0.1, 0.15) is 0 Å². The van der Waals surface area contributed by atoms with Crippen LogP contribution >= 0.6 is 11.6 Å². The van der Waals surface area contributed by atoms with E-state index in [9.17, 15) is 4.79 Å². The van der Waals surface area contributed by atoms with Crippen molar-refractivity contribution in [2.45, 2.75) is 0 Å². The van der Waals surface area contributed by atoms with E-state index in [-0.39, 0.29) is 34.8 Å². The molecule has 0 aliphatic heterocycles. The molecule has 0 aromatic carbocycles. The predicted molar refractivity (Wildman–Crippen MR) is 58.8 cm³/mol. The minimum atomic E-state index is -0.244. The molecule has 1 rings (SSSR count). The van der Waals surface area contributed by atoms with Crippen LogP contribution in [0.3, 0.4) is 0 Å². The Morgan fingerprint density at radius 3 is 2.47 bits per heavy atom.